The maximum Gasteiger partial charge on any atom is 0.256 e. The zero-order chi connectivity index (χ0) is 14.8. The van der Waals surface area contributed by atoms with E-state index in [9.17, 15) is 18.7 Å². The van der Waals surface area contributed by atoms with Gasteiger partial charge in [0.15, 0.2) is 0 Å². The first-order valence-corrected chi connectivity index (χ1v) is 5.92. The van der Waals surface area contributed by atoms with Gasteiger partial charge in [-0.15, -0.1) is 0 Å². The topological polar surface area (TPSA) is 66.6 Å². The van der Waals surface area contributed by atoms with Gasteiger partial charge in [-0.2, -0.15) is 0 Å². The second kappa shape index (κ2) is 5.52. The highest BCUT2D eigenvalue weighted by atomic mass is 19.1. The van der Waals surface area contributed by atoms with Gasteiger partial charge in [0.1, 0.15) is 11.6 Å². The number of carbonyl (C=O) groups is 1. The van der Waals surface area contributed by atoms with Gasteiger partial charge < -0.3 is 15.7 Å². The second-order valence-electron chi connectivity index (χ2n) is 4.99. The monoisotopic (exact) mass is 272 g/mol. The summed E-state index contributed by atoms with van der Waals surface area (Å²) >= 11 is 0. The van der Waals surface area contributed by atoms with E-state index in [0.29, 0.717) is 12.6 Å². The molecule has 1 rings (SSSR count). The van der Waals surface area contributed by atoms with Crippen molar-refractivity contribution in [1.82, 2.24) is 4.90 Å². The van der Waals surface area contributed by atoms with E-state index in [1.807, 2.05) is 0 Å². The van der Waals surface area contributed by atoms with Crippen LogP contribution in [0.25, 0.3) is 0 Å². The first kappa shape index (κ1) is 15.4. The van der Waals surface area contributed by atoms with Crippen LogP contribution in [0, 0.1) is 11.6 Å². The molecule has 106 valence electrons. The number of anilines is 1. The Hall–Kier alpha value is -1.69. The van der Waals surface area contributed by atoms with Crippen molar-refractivity contribution in [3.8, 4) is 0 Å². The van der Waals surface area contributed by atoms with Crippen LogP contribution >= 0.6 is 0 Å². The quantitative estimate of drug-likeness (QED) is 0.821. The zero-order valence-corrected chi connectivity index (χ0v) is 11.2. The summed E-state index contributed by atoms with van der Waals surface area (Å²) < 4.78 is 26.7. The van der Waals surface area contributed by atoms with E-state index in [1.165, 1.54) is 18.7 Å². The number of hydrogen-bond donors (Lipinski definition) is 2. The number of carbonyl (C=O) groups excluding carboxylic acids is 1. The molecule has 0 aliphatic carbocycles. The van der Waals surface area contributed by atoms with Gasteiger partial charge in [-0.25, -0.2) is 8.78 Å². The lowest BCUT2D eigenvalue weighted by Gasteiger charge is -2.28. The van der Waals surface area contributed by atoms with Crippen molar-refractivity contribution in [2.24, 2.45) is 0 Å². The Morgan fingerprint density at radius 3 is 2.42 bits per heavy atom. The number of aliphatic hydroxyl groups is 1. The SMILES string of the molecule is CCN(CC(C)(C)O)C(=O)c1cc(N)c(F)cc1F. The summed E-state index contributed by atoms with van der Waals surface area (Å²) in [6.07, 6.45) is 0. The number of benzene rings is 1. The molecule has 4 nitrogen and oxygen atoms in total. The Morgan fingerprint density at radius 1 is 1.37 bits per heavy atom. The molecule has 0 saturated heterocycles. The van der Waals surface area contributed by atoms with Gasteiger partial charge in [0.2, 0.25) is 0 Å². The van der Waals surface area contributed by atoms with Crippen molar-refractivity contribution in [3.63, 3.8) is 0 Å². The van der Waals surface area contributed by atoms with E-state index in [4.69, 9.17) is 5.73 Å². The summed E-state index contributed by atoms with van der Waals surface area (Å²) in [5.41, 5.74) is 3.64. The number of halogens is 2. The molecule has 0 aliphatic heterocycles. The number of amides is 1. The number of rotatable bonds is 4. The van der Waals surface area contributed by atoms with Crippen molar-refractivity contribution in [2.45, 2.75) is 26.4 Å². The summed E-state index contributed by atoms with van der Waals surface area (Å²) in [6.45, 7) is 5.11. The first-order valence-electron chi connectivity index (χ1n) is 5.92. The molecule has 1 amide bonds. The van der Waals surface area contributed by atoms with E-state index in [0.717, 1.165) is 6.07 Å². The fraction of sp³-hybridized carbons (Fsp3) is 0.462. The first-order chi connectivity index (χ1) is 8.65. The molecule has 0 bridgehead atoms. The maximum absolute atomic E-state index is 13.6. The average molecular weight is 272 g/mol. The lowest BCUT2D eigenvalue weighted by molar-refractivity contribution is 0.0312. The van der Waals surface area contributed by atoms with Crippen LogP contribution in [0.3, 0.4) is 0 Å². The smallest absolute Gasteiger partial charge is 0.256 e. The minimum atomic E-state index is -1.10. The van der Waals surface area contributed by atoms with E-state index >= 15 is 0 Å². The fourth-order valence-electron chi connectivity index (χ4n) is 1.69. The van der Waals surface area contributed by atoms with Gasteiger partial charge in [-0.1, -0.05) is 0 Å². The third kappa shape index (κ3) is 3.89. The summed E-state index contributed by atoms with van der Waals surface area (Å²) in [6, 6.07) is 1.56. The second-order valence-corrected chi connectivity index (χ2v) is 4.99. The van der Waals surface area contributed by atoms with Crippen LogP contribution in [-0.4, -0.2) is 34.6 Å². The number of nitrogens with two attached hydrogens (primary N) is 1. The Labute approximate surface area is 110 Å². The van der Waals surface area contributed by atoms with Crippen molar-refractivity contribution in [2.75, 3.05) is 18.8 Å². The largest absolute Gasteiger partial charge is 0.396 e. The van der Waals surface area contributed by atoms with Crippen LogP contribution in [0.5, 0.6) is 0 Å². The molecule has 0 atom stereocenters. The molecule has 0 unspecified atom stereocenters. The summed E-state index contributed by atoms with van der Waals surface area (Å²) in [5.74, 6) is -2.50. The standard InChI is InChI=1S/C13H18F2N2O2/c1-4-17(7-13(2,3)19)12(18)8-5-11(16)10(15)6-9(8)14/h5-6,19H,4,7,16H2,1-3H3. The van der Waals surface area contributed by atoms with Gasteiger partial charge in [-0.3, -0.25) is 4.79 Å². The highest BCUT2D eigenvalue weighted by molar-refractivity contribution is 5.95. The Balaban J connectivity index is 3.08. The normalized spacial score (nSPS) is 11.5. The molecule has 19 heavy (non-hydrogen) atoms. The number of hydrogen-bond acceptors (Lipinski definition) is 3. The molecule has 0 spiro atoms. The molecular weight excluding hydrogens is 254 g/mol. The number of nitrogens with zero attached hydrogens (tertiary/aromatic N) is 1. The fourth-order valence-corrected chi connectivity index (χ4v) is 1.69. The molecule has 0 aliphatic rings. The molecule has 0 aromatic heterocycles. The summed E-state index contributed by atoms with van der Waals surface area (Å²) in [4.78, 5) is 13.4. The third-order valence-corrected chi connectivity index (χ3v) is 2.56. The van der Waals surface area contributed by atoms with Crippen molar-refractivity contribution >= 4 is 11.6 Å². The Bertz CT molecular complexity index is 484. The van der Waals surface area contributed by atoms with E-state index in [2.05, 4.69) is 0 Å². The van der Waals surface area contributed by atoms with Gasteiger partial charge in [0.05, 0.1) is 16.9 Å². The lowest BCUT2D eigenvalue weighted by atomic mass is 10.1. The highest BCUT2D eigenvalue weighted by Crippen LogP contribution is 2.19. The van der Waals surface area contributed by atoms with Gasteiger partial charge in [0.25, 0.3) is 5.91 Å². The Kier molecular flexibility index (Phi) is 4.47. The molecule has 0 radical (unpaired) electrons. The summed E-state index contributed by atoms with van der Waals surface area (Å²) in [7, 11) is 0. The van der Waals surface area contributed by atoms with E-state index < -0.39 is 23.1 Å². The van der Waals surface area contributed by atoms with Crippen LogP contribution in [0.15, 0.2) is 12.1 Å². The molecule has 0 fully saturated rings. The van der Waals surface area contributed by atoms with E-state index in [1.54, 1.807) is 6.92 Å². The molecule has 0 heterocycles. The Morgan fingerprint density at radius 2 is 1.95 bits per heavy atom. The van der Waals surface area contributed by atoms with Crippen molar-refractivity contribution in [3.05, 3.63) is 29.3 Å². The van der Waals surface area contributed by atoms with Gasteiger partial charge >= 0.3 is 0 Å². The lowest BCUT2D eigenvalue weighted by Crippen LogP contribution is -2.42. The third-order valence-electron chi connectivity index (χ3n) is 2.56. The van der Waals surface area contributed by atoms with Gasteiger partial charge in [0, 0.05) is 19.2 Å². The van der Waals surface area contributed by atoms with Crippen LogP contribution in [0.1, 0.15) is 31.1 Å². The van der Waals surface area contributed by atoms with Crippen LogP contribution in [0.2, 0.25) is 0 Å². The zero-order valence-electron chi connectivity index (χ0n) is 11.2. The number of nitrogen functional groups attached to an aromatic ring is 1. The number of likely N-dealkylation sites (N-methyl/N-ethyl adjacent to an activating group) is 1. The van der Waals surface area contributed by atoms with E-state index in [-0.39, 0.29) is 17.8 Å². The van der Waals surface area contributed by atoms with Crippen LogP contribution < -0.4 is 5.73 Å². The molecule has 1 aromatic rings. The molecule has 6 heteroatoms. The van der Waals surface area contributed by atoms with Crippen LogP contribution in [0.4, 0.5) is 14.5 Å². The van der Waals surface area contributed by atoms with Crippen molar-refractivity contribution in [1.29, 1.82) is 0 Å². The summed E-state index contributed by atoms with van der Waals surface area (Å²) in [5, 5.41) is 9.71. The van der Waals surface area contributed by atoms with Gasteiger partial charge in [-0.05, 0) is 26.8 Å². The average Bonchev–Trinajstić information content (AvgIpc) is 2.28. The molecule has 0 saturated carbocycles. The minimum Gasteiger partial charge on any atom is -0.396 e. The molecule has 3 N–H and O–H groups in total. The minimum absolute atomic E-state index is 0.0407. The predicted octanol–water partition coefficient (Wildman–Crippen LogP) is 1.78. The predicted molar refractivity (Wildman–Crippen MR) is 68.6 cm³/mol. The highest BCUT2D eigenvalue weighted by Gasteiger charge is 2.24. The molecular formula is C13H18F2N2O2. The van der Waals surface area contributed by atoms with Crippen LogP contribution in [-0.2, 0) is 0 Å². The molecule has 1 aromatic carbocycles. The van der Waals surface area contributed by atoms with Crippen molar-refractivity contribution < 1.29 is 18.7 Å². The maximum atomic E-state index is 13.6.